The lowest BCUT2D eigenvalue weighted by atomic mass is 9.92. The second-order valence-corrected chi connectivity index (χ2v) is 7.49. The fourth-order valence-corrected chi connectivity index (χ4v) is 3.97. The zero-order valence-electron chi connectivity index (χ0n) is 16.6. The van der Waals surface area contributed by atoms with E-state index in [1.54, 1.807) is 17.0 Å². The van der Waals surface area contributed by atoms with Crippen LogP contribution in [0.5, 0.6) is 0 Å². The molecule has 1 aromatic heterocycles. The summed E-state index contributed by atoms with van der Waals surface area (Å²) in [6.07, 6.45) is 1.95. The molecular formula is C24H24N2O3. The number of carbonyl (C=O) groups is 2. The number of fused-ring (bicyclic) bond motifs is 1. The second-order valence-electron chi connectivity index (χ2n) is 7.49. The smallest absolute Gasteiger partial charge is 0.290 e. The maximum Gasteiger partial charge on any atom is 0.290 e. The normalized spacial score (nSPS) is 16.8. The maximum absolute atomic E-state index is 13.3. The number of aryl methyl sites for hydroxylation is 1. The number of rotatable bonds is 4. The highest BCUT2D eigenvalue weighted by Gasteiger charge is 2.36. The summed E-state index contributed by atoms with van der Waals surface area (Å²) in [6, 6.07) is 18.5. The molecule has 3 aromatic rings. The Hall–Kier alpha value is -3.34. The number of amides is 2. The third-order valence-corrected chi connectivity index (χ3v) is 5.56. The lowest BCUT2D eigenvalue weighted by Crippen LogP contribution is -2.52. The van der Waals surface area contributed by atoms with Crippen LogP contribution in [0.3, 0.4) is 0 Å². The van der Waals surface area contributed by atoms with Crippen molar-refractivity contribution in [1.29, 1.82) is 0 Å². The van der Waals surface area contributed by atoms with E-state index >= 15 is 0 Å². The molecule has 0 saturated heterocycles. The predicted molar refractivity (Wildman–Crippen MR) is 110 cm³/mol. The van der Waals surface area contributed by atoms with E-state index in [0.29, 0.717) is 13.0 Å². The molecule has 0 saturated carbocycles. The molecule has 0 radical (unpaired) electrons. The van der Waals surface area contributed by atoms with Gasteiger partial charge < -0.3 is 14.6 Å². The number of nitrogens with zero attached hydrogens (tertiary/aromatic N) is 1. The molecule has 0 aliphatic carbocycles. The molecule has 5 nitrogen and oxygen atoms in total. The first kappa shape index (κ1) is 19.0. The minimum absolute atomic E-state index is 0.151. The Labute approximate surface area is 170 Å². The summed E-state index contributed by atoms with van der Waals surface area (Å²) < 4.78 is 5.31. The van der Waals surface area contributed by atoms with Crippen molar-refractivity contribution in [1.82, 2.24) is 10.2 Å². The van der Waals surface area contributed by atoms with Gasteiger partial charge in [0.1, 0.15) is 6.04 Å². The summed E-state index contributed by atoms with van der Waals surface area (Å²) >= 11 is 0. The predicted octanol–water partition coefficient (Wildman–Crippen LogP) is 4.03. The van der Waals surface area contributed by atoms with Crippen molar-refractivity contribution in [2.24, 2.45) is 0 Å². The lowest BCUT2D eigenvalue weighted by Gasteiger charge is -2.36. The van der Waals surface area contributed by atoms with Crippen molar-refractivity contribution in [2.45, 2.75) is 38.9 Å². The van der Waals surface area contributed by atoms with Crippen molar-refractivity contribution >= 4 is 11.8 Å². The van der Waals surface area contributed by atoms with Gasteiger partial charge in [-0.25, -0.2) is 0 Å². The van der Waals surface area contributed by atoms with Gasteiger partial charge in [0.25, 0.3) is 5.91 Å². The molecule has 4 rings (SSSR count). The van der Waals surface area contributed by atoms with E-state index in [0.717, 1.165) is 22.3 Å². The van der Waals surface area contributed by atoms with Crippen LogP contribution < -0.4 is 5.32 Å². The average Bonchev–Trinajstić information content (AvgIpc) is 3.27. The SMILES string of the molecule is Cc1ccccc1C(C)NC(=O)C1Cc2ccccc2CN1C(=O)c1ccco1. The van der Waals surface area contributed by atoms with E-state index in [1.165, 1.54) is 6.26 Å². The number of hydrogen-bond donors (Lipinski definition) is 1. The van der Waals surface area contributed by atoms with Crippen LogP contribution in [0.1, 0.15) is 45.8 Å². The van der Waals surface area contributed by atoms with Crippen LogP contribution in [0.15, 0.2) is 71.3 Å². The van der Waals surface area contributed by atoms with Gasteiger partial charge in [0.15, 0.2) is 5.76 Å². The minimum atomic E-state index is -0.589. The number of carbonyl (C=O) groups excluding carboxylic acids is 2. The van der Waals surface area contributed by atoms with Crippen LogP contribution in [-0.2, 0) is 17.8 Å². The van der Waals surface area contributed by atoms with Gasteiger partial charge in [-0.2, -0.15) is 0 Å². The van der Waals surface area contributed by atoms with Crippen LogP contribution >= 0.6 is 0 Å². The molecule has 0 bridgehead atoms. The van der Waals surface area contributed by atoms with E-state index in [9.17, 15) is 9.59 Å². The van der Waals surface area contributed by atoms with Crippen molar-refractivity contribution in [3.63, 3.8) is 0 Å². The summed E-state index contributed by atoms with van der Waals surface area (Å²) in [7, 11) is 0. The van der Waals surface area contributed by atoms with E-state index in [-0.39, 0.29) is 23.6 Å². The largest absolute Gasteiger partial charge is 0.459 e. The molecule has 1 aliphatic heterocycles. The van der Waals surface area contributed by atoms with Crippen LogP contribution in [0.25, 0.3) is 0 Å². The molecular weight excluding hydrogens is 364 g/mol. The van der Waals surface area contributed by atoms with Crippen molar-refractivity contribution in [2.75, 3.05) is 0 Å². The molecule has 2 unspecified atom stereocenters. The molecule has 0 fully saturated rings. The average molecular weight is 388 g/mol. The molecule has 2 amide bonds. The van der Waals surface area contributed by atoms with Gasteiger partial charge in [-0.1, -0.05) is 48.5 Å². The Morgan fingerprint density at radius 3 is 2.48 bits per heavy atom. The fraction of sp³-hybridized carbons (Fsp3) is 0.250. The molecule has 2 aromatic carbocycles. The van der Waals surface area contributed by atoms with Crippen LogP contribution in [-0.4, -0.2) is 22.8 Å². The van der Waals surface area contributed by atoms with E-state index in [4.69, 9.17) is 4.42 Å². The van der Waals surface area contributed by atoms with Gasteiger partial charge >= 0.3 is 0 Å². The first-order chi connectivity index (χ1) is 14.0. The van der Waals surface area contributed by atoms with Gasteiger partial charge in [0.05, 0.1) is 12.3 Å². The quantitative estimate of drug-likeness (QED) is 0.734. The van der Waals surface area contributed by atoms with E-state index < -0.39 is 6.04 Å². The summed E-state index contributed by atoms with van der Waals surface area (Å²) in [4.78, 5) is 27.9. The molecule has 148 valence electrons. The molecule has 1 aliphatic rings. The number of benzene rings is 2. The molecule has 29 heavy (non-hydrogen) atoms. The standard InChI is InChI=1S/C24H24N2O3/c1-16-8-3-6-11-20(16)17(2)25-23(27)21-14-18-9-4-5-10-19(18)15-26(21)24(28)22-12-7-13-29-22/h3-13,17,21H,14-15H2,1-2H3,(H,25,27). The second kappa shape index (κ2) is 7.95. The Morgan fingerprint density at radius 2 is 1.76 bits per heavy atom. The number of hydrogen-bond acceptors (Lipinski definition) is 3. The summed E-state index contributed by atoms with van der Waals surface area (Å²) in [5, 5.41) is 3.10. The minimum Gasteiger partial charge on any atom is -0.459 e. The zero-order valence-corrected chi connectivity index (χ0v) is 16.6. The third-order valence-electron chi connectivity index (χ3n) is 5.56. The summed E-state index contributed by atoms with van der Waals surface area (Å²) in [6.45, 7) is 4.38. The maximum atomic E-state index is 13.3. The monoisotopic (exact) mass is 388 g/mol. The topological polar surface area (TPSA) is 62.6 Å². The third kappa shape index (κ3) is 3.81. The van der Waals surface area contributed by atoms with Gasteiger partial charge in [0.2, 0.25) is 5.91 Å². The molecule has 2 heterocycles. The van der Waals surface area contributed by atoms with Crippen LogP contribution in [0.4, 0.5) is 0 Å². The fourth-order valence-electron chi connectivity index (χ4n) is 3.97. The number of nitrogens with one attached hydrogen (secondary N) is 1. The zero-order chi connectivity index (χ0) is 20.4. The van der Waals surface area contributed by atoms with Gasteiger partial charge in [-0.15, -0.1) is 0 Å². The first-order valence-electron chi connectivity index (χ1n) is 9.81. The summed E-state index contributed by atoms with van der Waals surface area (Å²) in [5.74, 6) is -0.183. The highest BCUT2D eigenvalue weighted by Crippen LogP contribution is 2.26. The van der Waals surface area contributed by atoms with Crippen molar-refractivity contribution in [3.8, 4) is 0 Å². The van der Waals surface area contributed by atoms with E-state index in [1.807, 2.05) is 62.4 Å². The van der Waals surface area contributed by atoms with Gasteiger partial charge in [-0.3, -0.25) is 9.59 Å². The molecule has 0 spiro atoms. The highest BCUT2D eigenvalue weighted by atomic mass is 16.3. The van der Waals surface area contributed by atoms with E-state index in [2.05, 4.69) is 5.32 Å². The Bertz CT molecular complexity index is 1030. The highest BCUT2D eigenvalue weighted by molar-refractivity contribution is 5.96. The molecule has 5 heteroatoms. The Morgan fingerprint density at radius 1 is 1.03 bits per heavy atom. The first-order valence-corrected chi connectivity index (χ1v) is 9.81. The van der Waals surface area contributed by atoms with Crippen molar-refractivity contribution < 1.29 is 14.0 Å². The van der Waals surface area contributed by atoms with Crippen molar-refractivity contribution in [3.05, 3.63) is 94.9 Å². The Kier molecular flexibility index (Phi) is 5.21. The summed E-state index contributed by atoms with van der Waals surface area (Å²) in [5.41, 5.74) is 4.35. The van der Waals surface area contributed by atoms with Gasteiger partial charge in [-0.05, 0) is 48.2 Å². The Balaban J connectivity index is 1.61. The van der Waals surface area contributed by atoms with Gasteiger partial charge in [0, 0.05) is 13.0 Å². The van der Waals surface area contributed by atoms with Crippen LogP contribution in [0.2, 0.25) is 0 Å². The van der Waals surface area contributed by atoms with Crippen LogP contribution in [0, 0.1) is 6.92 Å². The molecule has 2 atom stereocenters. The lowest BCUT2D eigenvalue weighted by molar-refractivity contribution is -0.126. The molecule has 1 N–H and O–H groups in total. The number of furan rings is 1.